The summed E-state index contributed by atoms with van der Waals surface area (Å²) in [7, 11) is 0. The average Bonchev–Trinajstić information content (AvgIpc) is 2.67. The van der Waals surface area contributed by atoms with E-state index in [1.54, 1.807) is 31.2 Å². The minimum absolute atomic E-state index is 0.0530. The number of nitriles is 1. The van der Waals surface area contributed by atoms with E-state index in [-0.39, 0.29) is 24.3 Å². The molecular weight excluding hydrogens is 370 g/mol. The average molecular weight is 386 g/mol. The standard InChI is InChI=1S/C20H16ClNO5/c1-2-26-20(25)18(24)10-17(23)14-5-8-19(15(9-14)11-22)27-12-13-3-6-16(21)7-4-13/h3-10,23H,2,12H2,1H3/b17-10-. The highest BCUT2D eigenvalue weighted by Crippen LogP contribution is 2.24. The Labute approximate surface area is 161 Å². The van der Waals surface area contributed by atoms with E-state index in [1.807, 2.05) is 6.07 Å². The second-order valence-electron chi connectivity index (χ2n) is 5.35. The Morgan fingerprint density at radius 1 is 1.22 bits per heavy atom. The summed E-state index contributed by atoms with van der Waals surface area (Å²) in [5.41, 5.74) is 1.24. The number of carbonyl (C=O) groups excluding carboxylic acids is 2. The van der Waals surface area contributed by atoms with E-state index in [2.05, 4.69) is 4.74 Å². The van der Waals surface area contributed by atoms with Crippen LogP contribution in [0.2, 0.25) is 5.02 Å². The van der Waals surface area contributed by atoms with Gasteiger partial charge in [0, 0.05) is 16.7 Å². The lowest BCUT2D eigenvalue weighted by atomic mass is 10.1. The molecule has 7 heteroatoms. The first kappa shape index (κ1) is 20.0. The molecule has 1 N–H and O–H groups in total. The molecule has 0 bridgehead atoms. The largest absolute Gasteiger partial charge is 0.507 e. The third-order valence-electron chi connectivity index (χ3n) is 3.45. The van der Waals surface area contributed by atoms with Gasteiger partial charge in [0.05, 0.1) is 12.2 Å². The zero-order valence-electron chi connectivity index (χ0n) is 14.4. The summed E-state index contributed by atoms with van der Waals surface area (Å²) in [4.78, 5) is 22.9. The van der Waals surface area contributed by atoms with E-state index in [0.29, 0.717) is 10.8 Å². The lowest BCUT2D eigenvalue weighted by molar-refractivity contribution is -0.151. The van der Waals surface area contributed by atoms with Crippen molar-refractivity contribution >= 4 is 29.1 Å². The van der Waals surface area contributed by atoms with Gasteiger partial charge in [0.25, 0.3) is 5.78 Å². The number of ether oxygens (including phenoxy) is 2. The molecule has 0 heterocycles. The van der Waals surface area contributed by atoms with Gasteiger partial charge in [-0.15, -0.1) is 0 Å². The maximum absolute atomic E-state index is 11.6. The second-order valence-corrected chi connectivity index (χ2v) is 5.79. The molecule has 0 aromatic heterocycles. The van der Waals surface area contributed by atoms with Crippen molar-refractivity contribution in [3.8, 4) is 11.8 Å². The lowest BCUT2D eigenvalue weighted by Crippen LogP contribution is -2.15. The smallest absolute Gasteiger partial charge is 0.379 e. The molecule has 0 unspecified atom stereocenters. The summed E-state index contributed by atoms with van der Waals surface area (Å²) < 4.78 is 10.2. The van der Waals surface area contributed by atoms with Crippen molar-refractivity contribution in [2.45, 2.75) is 13.5 Å². The first-order valence-corrected chi connectivity index (χ1v) is 8.36. The Morgan fingerprint density at radius 3 is 2.56 bits per heavy atom. The lowest BCUT2D eigenvalue weighted by Gasteiger charge is -2.09. The molecule has 27 heavy (non-hydrogen) atoms. The number of benzene rings is 2. The fourth-order valence-electron chi connectivity index (χ4n) is 2.11. The highest BCUT2D eigenvalue weighted by molar-refractivity contribution is 6.39. The Hall–Kier alpha value is -3.30. The number of aliphatic hydroxyl groups is 1. The molecule has 0 aliphatic carbocycles. The van der Waals surface area contributed by atoms with Crippen LogP contribution in [0.5, 0.6) is 5.75 Å². The zero-order chi connectivity index (χ0) is 19.8. The number of esters is 1. The molecule has 0 atom stereocenters. The number of nitrogens with zero attached hydrogens (tertiary/aromatic N) is 1. The molecule has 6 nitrogen and oxygen atoms in total. The summed E-state index contributed by atoms with van der Waals surface area (Å²) in [6, 6.07) is 13.4. The van der Waals surface area contributed by atoms with Crippen LogP contribution in [-0.2, 0) is 20.9 Å². The minimum atomic E-state index is -1.06. The Kier molecular flexibility index (Phi) is 6.98. The number of hydrogen-bond acceptors (Lipinski definition) is 6. The molecule has 0 aliphatic heterocycles. The van der Waals surface area contributed by atoms with Gasteiger partial charge in [0.2, 0.25) is 0 Å². The highest BCUT2D eigenvalue weighted by atomic mass is 35.5. The van der Waals surface area contributed by atoms with Crippen LogP contribution in [0.25, 0.3) is 5.76 Å². The van der Waals surface area contributed by atoms with E-state index >= 15 is 0 Å². The Bertz CT molecular complexity index is 913. The number of ketones is 1. The van der Waals surface area contributed by atoms with Crippen molar-refractivity contribution in [2.24, 2.45) is 0 Å². The topological polar surface area (TPSA) is 96.6 Å². The number of rotatable bonds is 7. The molecular formula is C20H16ClNO5. The van der Waals surface area contributed by atoms with Crippen molar-refractivity contribution in [1.82, 2.24) is 0 Å². The molecule has 0 spiro atoms. The van der Waals surface area contributed by atoms with Crippen LogP contribution in [0.4, 0.5) is 0 Å². The monoisotopic (exact) mass is 385 g/mol. The first-order chi connectivity index (χ1) is 12.9. The summed E-state index contributed by atoms with van der Waals surface area (Å²) in [6.07, 6.45) is 0.753. The molecule has 0 aliphatic rings. The zero-order valence-corrected chi connectivity index (χ0v) is 15.2. The normalized spacial score (nSPS) is 10.8. The van der Waals surface area contributed by atoms with Gasteiger partial charge in [0.1, 0.15) is 24.2 Å². The third-order valence-corrected chi connectivity index (χ3v) is 3.70. The van der Waals surface area contributed by atoms with Crippen molar-refractivity contribution < 1.29 is 24.2 Å². The van der Waals surface area contributed by atoms with Crippen LogP contribution in [0.15, 0.2) is 48.5 Å². The molecule has 138 valence electrons. The van der Waals surface area contributed by atoms with Crippen molar-refractivity contribution in [2.75, 3.05) is 6.61 Å². The van der Waals surface area contributed by atoms with Crippen LogP contribution in [-0.4, -0.2) is 23.5 Å². The maximum Gasteiger partial charge on any atom is 0.379 e. The third kappa shape index (κ3) is 5.59. The van der Waals surface area contributed by atoms with Gasteiger partial charge in [-0.05, 0) is 42.8 Å². The predicted molar refractivity (Wildman–Crippen MR) is 99.2 cm³/mol. The Balaban J connectivity index is 2.15. The summed E-state index contributed by atoms with van der Waals surface area (Å²) in [5, 5.41) is 19.9. The predicted octanol–water partition coefficient (Wildman–Crippen LogP) is 3.82. The molecule has 0 saturated carbocycles. The van der Waals surface area contributed by atoms with Crippen molar-refractivity contribution in [3.05, 3.63) is 70.3 Å². The van der Waals surface area contributed by atoms with Crippen molar-refractivity contribution in [3.63, 3.8) is 0 Å². The molecule has 0 amide bonds. The van der Waals surface area contributed by atoms with E-state index in [0.717, 1.165) is 11.6 Å². The maximum atomic E-state index is 11.6. The molecule has 2 aromatic carbocycles. The van der Waals surface area contributed by atoms with E-state index in [9.17, 15) is 20.0 Å². The summed E-state index contributed by atoms with van der Waals surface area (Å²) >= 11 is 5.83. The molecule has 0 saturated heterocycles. The van der Waals surface area contributed by atoms with Gasteiger partial charge >= 0.3 is 5.97 Å². The quantitative estimate of drug-likeness (QED) is 0.337. The van der Waals surface area contributed by atoms with Gasteiger partial charge in [-0.3, -0.25) is 4.79 Å². The molecule has 2 rings (SSSR count). The van der Waals surface area contributed by atoms with E-state index in [1.165, 1.54) is 18.2 Å². The van der Waals surface area contributed by atoms with Gasteiger partial charge in [-0.25, -0.2) is 4.79 Å². The van der Waals surface area contributed by atoms with Crippen LogP contribution < -0.4 is 4.74 Å². The van der Waals surface area contributed by atoms with Crippen LogP contribution in [0.1, 0.15) is 23.6 Å². The minimum Gasteiger partial charge on any atom is -0.507 e. The Morgan fingerprint density at radius 2 is 1.93 bits per heavy atom. The van der Waals surface area contributed by atoms with E-state index < -0.39 is 17.5 Å². The summed E-state index contributed by atoms with van der Waals surface area (Å²) in [6.45, 7) is 1.85. The van der Waals surface area contributed by atoms with Gasteiger partial charge < -0.3 is 14.6 Å². The SMILES string of the molecule is CCOC(=O)C(=O)/C=C(\O)c1ccc(OCc2ccc(Cl)cc2)c(C#N)c1. The molecule has 0 radical (unpaired) electrons. The van der Waals surface area contributed by atoms with Crippen molar-refractivity contribution in [1.29, 1.82) is 5.26 Å². The molecule has 0 fully saturated rings. The first-order valence-electron chi connectivity index (χ1n) is 7.98. The van der Waals surface area contributed by atoms with Crippen LogP contribution in [0, 0.1) is 11.3 Å². The second kappa shape index (κ2) is 9.41. The number of halogens is 1. The highest BCUT2D eigenvalue weighted by Gasteiger charge is 2.15. The summed E-state index contributed by atoms with van der Waals surface area (Å²) in [5.74, 6) is -2.18. The van der Waals surface area contributed by atoms with Gasteiger partial charge in [-0.2, -0.15) is 5.26 Å². The fraction of sp³-hybridized carbons (Fsp3) is 0.150. The number of carbonyl (C=O) groups is 2. The van der Waals surface area contributed by atoms with Crippen LogP contribution >= 0.6 is 11.6 Å². The van der Waals surface area contributed by atoms with Gasteiger partial charge in [0.15, 0.2) is 0 Å². The van der Waals surface area contributed by atoms with E-state index in [4.69, 9.17) is 16.3 Å². The number of aliphatic hydroxyl groups excluding tert-OH is 1. The molecule has 2 aromatic rings. The van der Waals surface area contributed by atoms with Gasteiger partial charge in [-0.1, -0.05) is 23.7 Å². The van der Waals surface area contributed by atoms with Crippen LogP contribution in [0.3, 0.4) is 0 Å². The number of hydrogen-bond donors (Lipinski definition) is 1. The fourth-order valence-corrected chi connectivity index (χ4v) is 2.24.